The van der Waals surface area contributed by atoms with Crippen LogP contribution in [-0.4, -0.2) is 192 Å². The number of guanidine groups is 2. The summed E-state index contributed by atoms with van der Waals surface area (Å²) in [5.74, 6) is 3.33. The molecule has 0 aliphatic carbocycles. The van der Waals surface area contributed by atoms with E-state index in [0.717, 1.165) is 35.9 Å². The number of morpholine rings is 1. The lowest BCUT2D eigenvalue weighted by Gasteiger charge is -2.32. The normalized spacial score (nSPS) is 16.7. The average Bonchev–Trinajstić information content (AvgIpc) is 4.09. The number of carbonyl (C=O) groups is 2. The second kappa shape index (κ2) is 23.5. The van der Waals surface area contributed by atoms with Crippen LogP contribution in [0.1, 0.15) is 65.2 Å². The van der Waals surface area contributed by atoms with Gasteiger partial charge in [-0.15, -0.1) is 0 Å². The highest BCUT2D eigenvalue weighted by atomic mass is 16.5. The van der Waals surface area contributed by atoms with E-state index in [0.29, 0.717) is 128 Å². The summed E-state index contributed by atoms with van der Waals surface area (Å²) in [4.78, 5) is 60.9. The summed E-state index contributed by atoms with van der Waals surface area (Å²) < 4.78 is 28.7. The van der Waals surface area contributed by atoms with Gasteiger partial charge in [0.1, 0.15) is 48.5 Å². The van der Waals surface area contributed by atoms with Crippen molar-refractivity contribution in [3.63, 3.8) is 0 Å². The molecule has 5 aliphatic rings. The van der Waals surface area contributed by atoms with E-state index < -0.39 is 12.2 Å². The van der Waals surface area contributed by atoms with Gasteiger partial charge in [0.05, 0.1) is 51.6 Å². The van der Waals surface area contributed by atoms with Gasteiger partial charge in [-0.25, -0.2) is 9.98 Å². The van der Waals surface area contributed by atoms with Gasteiger partial charge in [0.2, 0.25) is 11.9 Å². The van der Waals surface area contributed by atoms with Crippen LogP contribution in [-0.2, 0) is 4.74 Å². The van der Waals surface area contributed by atoms with Crippen LogP contribution >= 0.6 is 0 Å². The Balaban J connectivity index is 0.000000193. The first-order valence-electron chi connectivity index (χ1n) is 24.2. The minimum atomic E-state index is -0.678. The zero-order chi connectivity index (χ0) is 50.9. The molecule has 0 unspecified atom stereocenters. The first-order valence-corrected chi connectivity index (χ1v) is 24.2. The van der Waals surface area contributed by atoms with Gasteiger partial charge in [-0.2, -0.15) is 0 Å². The maximum absolute atomic E-state index is 13.0. The quantitative estimate of drug-likeness (QED) is 0.126. The number of rotatable bonds is 16. The third-order valence-corrected chi connectivity index (χ3v) is 12.5. The lowest BCUT2D eigenvalue weighted by atomic mass is 10.1. The minimum absolute atomic E-state index is 0.104. The molecule has 21 nitrogen and oxygen atoms in total. The van der Waals surface area contributed by atoms with Crippen LogP contribution in [0.4, 0.5) is 11.4 Å². The molecule has 0 spiro atoms. The van der Waals surface area contributed by atoms with E-state index in [1.54, 1.807) is 69.9 Å². The molecule has 0 bridgehead atoms. The topological polar surface area (TPSA) is 233 Å². The molecular weight excluding hydrogens is 925 g/mol. The van der Waals surface area contributed by atoms with E-state index in [4.69, 9.17) is 33.7 Å². The molecule has 382 valence electrons. The van der Waals surface area contributed by atoms with Crippen molar-refractivity contribution in [2.75, 3.05) is 93.0 Å². The predicted octanol–water partition coefficient (Wildman–Crippen LogP) is 3.41. The number of benzene rings is 2. The number of methoxy groups -OCH3 is 2. The first-order chi connectivity index (χ1) is 34.8. The number of amidine groups is 2. The number of hydrogen-bond donors (Lipinski definition) is 4. The number of amides is 2. The van der Waals surface area contributed by atoms with E-state index in [1.165, 1.54) is 6.20 Å². The second-order valence-corrected chi connectivity index (χ2v) is 18.1. The number of β-amino-alcohol motifs (C(OH)–C–C–N with tert-alkyl or cyclic N) is 1. The van der Waals surface area contributed by atoms with E-state index in [1.807, 2.05) is 21.9 Å². The van der Waals surface area contributed by atoms with Crippen LogP contribution in [0.2, 0.25) is 0 Å². The Morgan fingerprint density at radius 3 is 1.82 bits per heavy atom. The highest BCUT2D eigenvalue weighted by Crippen LogP contribution is 2.44. The van der Waals surface area contributed by atoms with E-state index in [9.17, 15) is 19.8 Å². The lowest BCUT2D eigenvalue weighted by molar-refractivity contribution is 0.00445. The fourth-order valence-electron chi connectivity index (χ4n) is 8.99. The number of ether oxygens (including phenoxy) is 5. The number of aromatic nitrogens is 2. The molecule has 1 saturated heterocycles. The van der Waals surface area contributed by atoms with Crippen LogP contribution in [0.3, 0.4) is 0 Å². The van der Waals surface area contributed by atoms with E-state index in [2.05, 4.69) is 68.1 Å². The highest BCUT2D eigenvalue weighted by molar-refractivity contribution is 6.21. The minimum Gasteiger partial charge on any atom is -0.491 e. The Hall–Kier alpha value is -7.04. The van der Waals surface area contributed by atoms with Gasteiger partial charge in [-0.3, -0.25) is 59.8 Å². The number of pyridine rings is 2. The van der Waals surface area contributed by atoms with E-state index in [-0.39, 0.29) is 25.0 Å². The molecule has 2 aromatic heterocycles. The number of fused-ring (bicyclic) bond motifs is 6. The molecule has 4 aromatic rings. The van der Waals surface area contributed by atoms with Crippen molar-refractivity contribution in [2.24, 2.45) is 20.0 Å². The number of aryl methyl sites for hydroxylation is 1. The number of nitrogens with one attached hydrogen (secondary N) is 2. The number of carbonyl (C=O) groups excluding carboxylic acids is 2. The number of aliphatic hydroxyl groups is 2. The Kier molecular flexibility index (Phi) is 16.7. The van der Waals surface area contributed by atoms with Gasteiger partial charge in [0.15, 0.2) is 23.0 Å². The summed E-state index contributed by atoms with van der Waals surface area (Å²) in [6, 6.07) is 14.8. The molecule has 5 aliphatic heterocycles. The fraction of sp³-hybridized carbons (Fsp3) is 0.451. The monoisotopic (exact) mass is 988 g/mol. The molecule has 4 N–H and O–H groups in total. The Morgan fingerprint density at radius 1 is 0.736 bits per heavy atom. The van der Waals surface area contributed by atoms with Gasteiger partial charge in [-0.1, -0.05) is 0 Å². The zero-order valence-electron chi connectivity index (χ0n) is 41.9. The number of aliphatic imine (C=N–C) groups is 4. The molecule has 0 radical (unpaired) electrons. The second-order valence-electron chi connectivity index (χ2n) is 18.1. The number of nitrogens with zero attached hydrogens (tertiary/aromatic N) is 10. The lowest BCUT2D eigenvalue weighted by Crippen LogP contribution is -2.47. The average molecular weight is 989 g/mol. The van der Waals surface area contributed by atoms with Gasteiger partial charge < -0.3 is 33.9 Å². The van der Waals surface area contributed by atoms with Crippen LogP contribution in [0, 0.1) is 6.92 Å². The van der Waals surface area contributed by atoms with Gasteiger partial charge in [0.25, 0.3) is 11.8 Å². The van der Waals surface area contributed by atoms with Crippen molar-refractivity contribution >= 4 is 46.8 Å². The summed E-state index contributed by atoms with van der Waals surface area (Å²) in [6.45, 7) is 16.7. The molecule has 9 rings (SSSR count). The van der Waals surface area contributed by atoms with Crippen molar-refractivity contribution < 1.29 is 43.5 Å². The summed E-state index contributed by atoms with van der Waals surface area (Å²) in [5, 5.41) is 26.9. The number of aliphatic hydroxyl groups excluding tert-OH is 2. The first kappa shape index (κ1) is 51.3. The van der Waals surface area contributed by atoms with E-state index >= 15 is 0 Å². The zero-order valence-corrected chi connectivity index (χ0v) is 41.9. The van der Waals surface area contributed by atoms with Crippen molar-refractivity contribution in [1.82, 2.24) is 40.2 Å². The fourth-order valence-corrected chi connectivity index (χ4v) is 8.99. The summed E-state index contributed by atoms with van der Waals surface area (Å²) in [7, 11) is 3.09. The molecule has 72 heavy (non-hydrogen) atoms. The number of hydrogen-bond acceptors (Lipinski definition) is 19. The maximum atomic E-state index is 13.0. The molecule has 0 saturated carbocycles. The summed E-state index contributed by atoms with van der Waals surface area (Å²) in [6.07, 6.45) is 3.42. The summed E-state index contributed by atoms with van der Waals surface area (Å²) in [5.41, 5.74) is 4.16. The Bertz CT molecular complexity index is 2700. The van der Waals surface area contributed by atoms with Crippen molar-refractivity contribution in [2.45, 2.75) is 58.9 Å². The van der Waals surface area contributed by atoms with Gasteiger partial charge in [0, 0.05) is 86.8 Å². The predicted molar refractivity (Wildman–Crippen MR) is 272 cm³/mol. The largest absolute Gasteiger partial charge is 0.491 e. The highest BCUT2D eigenvalue weighted by Gasteiger charge is 2.35. The Morgan fingerprint density at radius 2 is 1.29 bits per heavy atom. The van der Waals surface area contributed by atoms with Crippen LogP contribution in [0.15, 0.2) is 87.1 Å². The standard InChI is InChI=1S/C26H34N6O4.C25H30N6O5/c1-16(2)32(17(3)4)14-19(33)15-36-21-9-8-20-22(23(21)35-5)29-26(31-12-11-28-24(20)31)30-25(34)18-7-6-10-27-13-18;1-16-18(4-3-7-26-16)24(33)29-25-28-21-19(23-27-8-9-31(23)25)5-6-20(22(21)34-2)36-15-17(32)14-30-10-12-35-13-11-30/h6-10,13,16-17,19,33H,11-12,14-15H2,1-5H3,(H,29,30,34);3-7,17,32H,8-15H2,1-2H3,(H,28,29,33)/t19-;17-/m11/s1. The van der Waals surface area contributed by atoms with Gasteiger partial charge in [-0.05, 0) is 83.1 Å². The third-order valence-electron chi connectivity index (χ3n) is 12.5. The molecular formula is C51H64N12O9. The van der Waals surface area contributed by atoms with Crippen molar-refractivity contribution in [1.29, 1.82) is 0 Å². The van der Waals surface area contributed by atoms with Crippen LogP contribution in [0.25, 0.3) is 0 Å². The van der Waals surface area contributed by atoms with Crippen molar-refractivity contribution in [3.05, 3.63) is 95.1 Å². The van der Waals surface area contributed by atoms with Gasteiger partial charge >= 0.3 is 0 Å². The molecule has 7 heterocycles. The smallest absolute Gasteiger partial charge is 0.259 e. The maximum Gasteiger partial charge on any atom is 0.259 e. The Labute approximate surface area is 419 Å². The van der Waals surface area contributed by atoms with Crippen molar-refractivity contribution in [3.8, 4) is 23.0 Å². The van der Waals surface area contributed by atoms with Crippen LogP contribution < -0.4 is 29.6 Å². The molecule has 2 aromatic carbocycles. The molecule has 2 amide bonds. The summed E-state index contributed by atoms with van der Waals surface area (Å²) >= 11 is 0. The molecule has 21 heteroatoms. The molecule has 2 atom stereocenters. The molecule has 1 fully saturated rings. The van der Waals surface area contributed by atoms with Crippen LogP contribution in [0.5, 0.6) is 23.0 Å². The third kappa shape index (κ3) is 11.7. The SMILES string of the molecule is COc1c(OC[C@H](O)CN(C(C)C)C(C)C)ccc2c1N=C(NC(=O)c1cccnc1)N1CCN=C21.COc1c(OC[C@H](O)CN2CCOCC2)ccc2c1N=C(NC(=O)c1cccnc1C)N1CCN=C21.